The van der Waals surface area contributed by atoms with E-state index in [1.54, 1.807) is 24.0 Å². The summed E-state index contributed by atoms with van der Waals surface area (Å²) in [6, 6.07) is 13.9. The highest BCUT2D eigenvalue weighted by Gasteiger charge is 2.14. The molecule has 0 atom stereocenters. The molecule has 3 nitrogen and oxygen atoms in total. The molecule has 0 saturated carbocycles. The number of benzene rings is 2. The van der Waals surface area contributed by atoms with Crippen molar-refractivity contribution in [3.8, 4) is 0 Å². The fourth-order valence-corrected chi connectivity index (χ4v) is 2.18. The van der Waals surface area contributed by atoms with Crippen molar-refractivity contribution in [2.75, 3.05) is 23.3 Å². The second-order valence-electron chi connectivity index (χ2n) is 4.94. The van der Waals surface area contributed by atoms with E-state index in [0.717, 1.165) is 16.9 Å². The van der Waals surface area contributed by atoms with Crippen molar-refractivity contribution in [3.63, 3.8) is 0 Å². The van der Waals surface area contributed by atoms with Crippen LogP contribution < -0.4 is 10.2 Å². The Morgan fingerprint density at radius 3 is 2.64 bits per heavy atom. The van der Waals surface area contributed by atoms with Gasteiger partial charge in [-0.05, 0) is 42.8 Å². The quantitative estimate of drug-likeness (QED) is 0.823. The molecule has 0 aromatic heterocycles. The lowest BCUT2D eigenvalue weighted by molar-refractivity contribution is -0.116. The number of rotatable bonds is 6. The minimum absolute atomic E-state index is 0.0742. The van der Waals surface area contributed by atoms with Gasteiger partial charge in [0.1, 0.15) is 5.82 Å². The molecule has 1 amide bonds. The highest BCUT2D eigenvalue weighted by atomic mass is 19.1. The van der Waals surface area contributed by atoms with Crippen molar-refractivity contribution in [2.24, 2.45) is 0 Å². The van der Waals surface area contributed by atoms with Crippen LogP contribution in [0.3, 0.4) is 0 Å². The Kier molecular flexibility index (Phi) is 5.31. The molecule has 0 aliphatic carbocycles. The van der Waals surface area contributed by atoms with Crippen LogP contribution in [0, 0.1) is 12.7 Å². The van der Waals surface area contributed by atoms with Crippen molar-refractivity contribution < 1.29 is 9.18 Å². The molecule has 0 aliphatic rings. The number of aryl methyl sites for hydroxylation is 1. The first-order valence-corrected chi connectivity index (χ1v) is 7.08. The number of nitrogens with zero attached hydrogens (tertiary/aromatic N) is 1. The lowest BCUT2D eigenvalue weighted by Gasteiger charge is -2.22. The maximum absolute atomic E-state index is 13.1. The monoisotopic (exact) mass is 298 g/mol. The molecular weight excluding hydrogens is 279 g/mol. The van der Waals surface area contributed by atoms with Crippen LogP contribution in [0.1, 0.15) is 5.56 Å². The van der Waals surface area contributed by atoms with Crippen LogP contribution >= 0.6 is 0 Å². The molecule has 0 bridgehead atoms. The van der Waals surface area contributed by atoms with Crippen LogP contribution in [-0.4, -0.2) is 19.0 Å². The van der Waals surface area contributed by atoms with Gasteiger partial charge in [-0.2, -0.15) is 0 Å². The summed E-state index contributed by atoms with van der Waals surface area (Å²) in [5.41, 5.74) is 2.34. The first-order chi connectivity index (χ1) is 10.6. The van der Waals surface area contributed by atoms with Crippen molar-refractivity contribution in [2.45, 2.75) is 6.92 Å². The number of para-hydroxylation sites is 1. The fourth-order valence-electron chi connectivity index (χ4n) is 2.18. The zero-order valence-electron chi connectivity index (χ0n) is 12.6. The highest BCUT2D eigenvalue weighted by Crippen LogP contribution is 2.17. The van der Waals surface area contributed by atoms with Crippen LogP contribution in [0.2, 0.25) is 0 Å². The molecule has 0 unspecified atom stereocenters. The number of halogens is 1. The number of hydrogen-bond acceptors (Lipinski definition) is 2. The predicted molar refractivity (Wildman–Crippen MR) is 88.6 cm³/mol. The average molecular weight is 298 g/mol. The van der Waals surface area contributed by atoms with E-state index in [0.29, 0.717) is 6.54 Å². The van der Waals surface area contributed by atoms with E-state index in [-0.39, 0.29) is 18.3 Å². The lowest BCUT2D eigenvalue weighted by Crippen LogP contribution is -2.35. The first kappa shape index (κ1) is 15.8. The van der Waals surface area contributed by atoms with Gasteiger partial charge in [0.25, 0.3) is 0 Å². The van der Waals surface area contributed by atoms with Gasteiger partial charge in [0, 0.05) is 17.9 Å². The molecule has 0 fully saturated rings. The van der Waals surface area contributed by atoms with Gasteiger partial charge in [0.15, 0.2) is 0 Å². The Morgan fingerprint density at radius 2 is 2.00 bits per heavy atom. The summed E-state index contributed by atoms with van der Waals surface area (Å²) in [6.07, 6.45) is 1.69. The largest absolute Gasteiger partial charge is 0.376 e. The predicted octanol–water partition coefficient (Wildman–Crippen LogP) is 3.77. The topological polar surface area (TPSA) is 32.3 Å². The Labute approximate surface area is 130 Å². The molecule has 2 rings (SSSR count). The zero-order valence-corrected chi connectivity index (χ0v) is 12.6. The van der Waals surface area contributed by atoms with Crippen molar-refractivity contribution in [3.05, 3.63) is 72.6 Å². The SMILES string of the molecule is C=CCN(C(=O)CNc1ccc(F)cc1C)c1ccccc1. The standard InChI is InChI=1S/C18H19FN2O/c1-3-11-21(16-7-5-4-6-8-16)18(22)13-20-17-10-9-15(19)12-14(17)2/h3-10,12,20H,1,11,13H2,2H3. The zero-order chi connectivity index (χ0) is 15.9. The van der Waals surface area contributed by atoms with E-state index in [4.69, 9.17) is 0 Å². The van der Waals surface area contributed by atoms with E-state index in [1.807, 2.05) is 30.3 Å². The van der Waals surface area contributed by atoms with Crippen molar-refractivity contribution in [1.82, 2.24) is 0 Å². The Morgan fingerprint density at radius 1 is 1.27 bits per heavy atom. The van der Waals surface area contributed by atoms with E-state index < -0.39 is 0 Å². The smallest absolute Gasteiger partial charge is 0.246 e. The van der Waals surface area contributed by atoms with Gasteiger partial charge in [-0.25, -0.2) is 4.39 Å². The van der Waals surface area contributed by atoms with E-state index >= 15 is 0 Å². The van der Waals surface area contributed by atoms with Gasteiger partial charge in [0.05, 0.1) is 6.54 Å². The molecule has 0 saturated heterocycles. The second kappa shape index (κ2) is 7.41. The normalized spacial score (nSPS) is 10.1. The number of carbonyl (C=O) groups is 1. The summed E-state index contributed by atoms with van der Waals surface area (Å²) >= 11 is 0. The van der Waals surface area contributed by atoms with Crippen LogP contribution in [-0.2, 0) is 4.79 Å². The summed E-state index contributed by atoms with van der Waals surface area (Å²) in [5, 5.41) is 3.06. The van der Waals surface area contributed by atoms with E-state index in [9.17, 15) is 9.18 Å². The lowest BCUT2D eigenvalue weighted by atomic mass is 10.2. The third-order valence-corrected chi connectivity index (χ3v) is 3.30. The van der Waals surface area contributed by atoms with Crippen LogP contribution in [0.5, 0.6) is 0 Å². The van der Waals surface area contributed by atoms with Crippen molar-refractivity contribution >= 4 is 17.3 Å². The van der Waals surface area contributed by atoms with Gasteiger partial charge in [-0.3, -0.25) is 4.79 Å². The molecule has 2 aromatic carbocycles. The second-order valence-corrected chi connectivity index (χ2v) is 4.94. The minimum Gasteiger partial charge on any atom is -0.376 e. The van der Waals surface area contributed by atoms with Gasteiger partial charge in [-0.1, -0.05) is 24.3 Å². The molecule has 1 N–H and O–H groups in total. The molecule has 0 radical (unpaired) electrons. The molecule has 0 aliphatic heterocycles. The van der Waals surface area contributed by atoms with Gasteiger partial charge >= 0.3 is 0 Å². The number of amides is 1. The van der Waals surface area contributed by atoms with E-state index in [2.05, 4.69) is 11.9 Å². The highest BCUT2D eigenvalue weighted by molar-refractivity contribution is 5.96. The molecule has 2 aromatic rings. The molecule has 4 heteroatoms. The number of nitrogens with one attached hydrogen (secondary N) is 1. The van der Waals surface area contributed by atoms with Crippen LogP contribution in [0.25, 0.3) is 0 Å². The molecule has 0 heterocycles. The Balaban J connectivity index is 2.07. The number of carbonyl (C=O) groups excluding carboxylic acids is 1. The molecule has 0 spiro atoms. The maximum Gasteiger partial charge on any atom is 0.246 e. The number of anilines is 2. The van der Waals surface area contributed by atoms with Gasteiger partial charge in [-0.15, -0.1) is 6.58 Å². The van der Waals surface area contributed by atoms with Gasteiger partial charge in [0.2, 0.25) is 5.91 Å². The fraction of sp³-hybridized carbons (Fsp3) is 0.167. The van der Waals surface area contributed by atoms with E-state index in [1.165, 1.54) is 12.1 Å². The average Bonchev–Trinajstić information content (AvgIpc) is 2.52. The Hall–Kier alpha value is -2.62. The third-order valence-electron chi connectivity index (χ3n) is 3.30. The molecular formula is C18H19FN2O. The summed E-state index contributed by atoms with van der Waals surface area (Å²) in [7, 11) is 0. The minimum atomic E-state index is -0.285. The van der Waals surface area contributed by atoms with Crippen molar-refractivity contribution in [1.29, 1.82) is 0 Å². The third kappa shape index (κ3) is 3.95. The molecule has 22 heavy (non-hydrogen) atoms. The van der Waals surface area contributed by atoms with Crippen LogP contribution in [0.4, 0.5) is 15.8 Å². The maximum atomic E-state index is 13.1. The first-order valence-electron chi connectivity index (χ1n) is 7.08. The van der Waals surface area contributed by atoms with Gasteiger partial charge < -0.3 is 10.2 Å². The van der Waals surface area contributed by atoms with Crippen LogP contribution in [0.15, 0.2) is 61.2 Å². The number of hydrogen-bond donors (Lipinski definition) is 1. The summed E-state index contributed by atoms with van der Waals surface area (Å²) in [4.78, 5) is 14.1. The summed E-state index contributed by atoms with van der Waals surface area (Å²) in [6.45, 7) is 6.07. The Bertz CT molecular complexity index is 655. The molecule has 114 valence electrons. The summed E-state index contributed by atoms with van der Waals surface area (Å²) in [5.74, 6) is -0.359. The summed E-state index contributed by atoms with van der Waals surface area (Å²) < 4.78 is 13.1.